The van der Waals surface area contributed by atoms with Crippen molar-refractivity contribution in [3.63, 3.8) is 0 Å². The van der Waals surface area contributed by atoms with Crippen molar-refractivity contribution in [3.05, 3.63) is 48.4 Å². The van der Waals surface area contributed by atoms with E-state index in [0.29, 0.717) is 12.4 Å². The number of likely N-dealkylation sites (tertiary alicyclic amines) is 1. The predicted molar refractivity (Wildman–Crippen MR) is 124 cm³/mol. The number of aromatic nitrogens is 2. The van der Waals surface area contributed by atoms with Crippen molar-refractivity contribution in [2.45, 2.75) is 57.8 Å². The summed E-state index contributed by atoms with van der Waals surface area (Å²) in [7, 11) is -0.387. The van der Waals surface area contributed by atoms with Gasteiger partial charge < -0.3 is 19.4 Å². The van der Waals surface area contributed by atoms with Crippen molar-refractivity contribution in [1.82, 2.24) is 14.9 Å². The van der Waals surface area contributed by atoms with Crippen LogP contribution in [0.3, 0.4) is 0 Å². The lowest BCUT2D eigenvalue weighted by Gasteiger charge is -2.32. The van der Waals surface area contributed by atoms with Crippen LogP contribution < -0.4 is 5.46 Å². The highest BCUT2D eigenvalue weighted by atomic mass is 16.7. The van der Waals surface area contributed by atoms with E-state index in [1.54, 1.807) is 0 Å². The molecule has 2 saturated heterocycles. The first-order chi connectivity index (χ1) is 15.1. The summed E-state index contributed by atoms with van der Waals surface area (Å²) in [5.74, 6) is 0.705. The summed E-state index contributed by atoms with van der Waals surface area (Å²) < 4.78 is 12.4. The number of amides is 1. The van der Waals surface area contributed by atoms with Crippen molar-refractivity contribution < 1.29 is 19.2 Å². The molecule has 5 rings (SSSR count). The molecule has 1 unspecified atom stereocenters. The van der Waals surface area contributed by atoms with Crippen LogP contribution in [-0.2, 0) is 9.31 Å². The van der Waals surface area contributed by atoms with Crippen molar-refractivity contribution in [3.8, 4) is 11.3 Å². The van der Waals surface area contributed by atoms with Gasteiger partial charge >= 0.3 is 13.2 Å². The number of benzene rings is 2. The molecule has 2 N–H and O–H groups in total. The monoisotopic (exact) mass is 433 g/mol. The Kier molecular flexibility index (Phi) is 4.83. The third-order valence-electron chi connectivity index (χ3n) is 7.10. The molecule has 2 fully saturated rings. The molecule has 2 aliphatic rings. The molecule has 0 radical (unpaired) electrons. The third kappa shape index (κ3) is 3.47. The fourth-order valence-corrected chi connectivity index (χ4v) is 4.48. The van der Waals surface area contributed by atoms with Crippen LogP contribution >= 0.6 is 0 Å². The van der Waals surface area contributed by atoms with E-state index < -0.39 is 6.09 Å². The number of nitrogens with one attached hydrogen (secondary N) is 1. The second kappa shape index (κ2) is 7.35. The Hall–Kier alpha value is -2.84. The Labute approximate surface area is 187 Å². The Bertz CT molecular complexity index is 1170. The molecule has 32 heavy (non-hydrogen) atoms. The Morgan fingerprint density at radius 2 is 1.81 bits per heavy atom. The van der Waals surface area contributed by atoms with Gasteiger partial charge in [0.25, 0.3) is 0 Å². The van der Waals surface area contributed by atoms with E-state index in [-0.39, 0.29) is 24.4 Å². The summed E-state index contributed by atoms with van der Waals surface area (Å²) in [6.07, 6.45) is 2.61. The zero-order valence-electron chi connectivity index (χ0n) is 18.9. The van der Waals surface area contributed by atoms with Crippen LogP contribution in [0.5, 0.6) is 0 Å². The summed E-state index contributed by atoms with van der Waals surface area (Å²) in [5.41, 5.74) is 2.06. The summed E-state index contributed by atoms with van der Waals surface area (Å²) in [6, 6.07) is 12.3. The standard InChI is InChI=1S/C24H28BN3O4/c1-23(2)24(3,4)32-25(31-23)18-10-9-15-12-17(8-7-16(15)13-18)19-14-26-21(27-19)20-6-5-11-28(20)22(29)30/h7-10,12-14,20H,5-6,11H2,1-4H3,(H,26,27)(H,29,30). The molecule has 2 aliphatic heterocycles. The second-order valence-electron chi connectivity index (χ2n) is 9.71. The Morgan fingerprint density at radius 1 is 1.12 bits per heavy atom. The predicted octanol–water partition coefficient (Wildman–Crippen LogP) is 4.34. The Balaban J connectivity index is 1.40. The highest BCUT2D eigenvalue weighted by Gasteiger charge is 2.51. The first kappa shape index (κ1) is 21.0. The lowest BCUT2D eigenvalue weighted by atomic mass is 9.78. The van der Waals surface area contributed by atoms with Gasteiger partial charge in [0.05, 0.1) is 22.9 Å². The van der Waals surface area contributed by atoms with E-state index in [1.165, 1.54) is 4.90 Å². The van der Waals surface area contributed by atoms with Gasteiger partial charge in [0.2, 0.25) is 0 Å². The molecular formula is C24H28BN3O4. The summed E-state index contributed by atoms with van der Waals surface area (Å²) in [6.45, 7) is 8.77. The molecule has 1 aromatic heterocycles. The third-order valence-corrected chi connectivity index (χ3v) is 7.10. The van der Waals surface area contributed by atoms with Gasteiger partial charge in [0, 0.05) is 18.3 Å². The van der Waals surface area contributed by atoms with Gasteiger partial charge in [0.1, 0.15) is 5.82 Å². The van der Waals surface area contributed by atoms with Crippen molar-refractivity contribution in [2.75, 3.05) is 6.54 Å². The van der Waals surface area contributed by atoms with Gasteiger partial charge in [-0.25, -0.2) is 9.78 Å². The lowest BCUT2D eigenvalue weighted by Crippen LogP contribution is -2.41. The molecule has 8 heteroatoms. The van der Waals surface area contributed by atoms with E-state index in [2.05, 4.69) is 56.9 Å². The minimum Gasteiger partial charge on any atom is -0.465 e. The van der Waals surface area contributed by atoms with Crippen molar-refractivity contribution in [1.29, 1.82) is 0 Å². The molecule has 7 nitrogen and oxygen atoms in total. The average Bonchev–Trinajstić information content (AvgIpc) is 3.45. The fourth-order valence-electron chi connectivity index (χ4n) is 4.48. The largest absolute Gasteiger partial charge is 0.494 e. The van der Waals surface area contributed by atoms with E-state index in [0.717, 1.165) is 40.3 Å². The molecule has 0 saturated carbocycles. The second-order valence-corrected chi connectivity index (χ2v) is 9.71. The summed E-state index contributed by atoms with van der Waals surface area (Å²) in [5, 5.41) is 11.6. The normalized spacial score (nSPS) is 22.1. The van der Waals surface area contributed by atoms with Crippen LogP contribution in [0.25, 0.3) is 22.0 Å². The molecule has 3 heterocycles. The van der Waals surface area contributed by atoms with Crippen LogP contribution in [0.15, 0.2) is 42.6 Å². The number of imidazole rings is 1. The maximum absolute atomic E-state index is 11.5. The van der Waals surface area contributed by atoms with E-state index in [1.807, 2.05) is 18.3 Å². The molecule has 0 aliphatic carbocycles. The average molecular weight is 433 g/mol. The first-order valence-corrected chi connectivity index (χ1v) is 11.1. The number of aromatic amines is 1. The maximum Gasteiger partial charge on any atom is 0.494 e. The Morgan fingerprint density at radius 3 is 2.53 bits per heavy atom. The van der Waals surface area contributed by atoms with Crippen LogP contribution in [0.2, 0.25) is 0 Å². The number of nitrogens with zero attached hydrogens (tertiary/aromatic N) is 2. The smallest absolute Gasteiger partial charge is 0.465 e. The zero-order valence-corrected chi connectivity index (χ0v) is 18.9. The summed E-state index contributed by atoms with van der Waals surface area (Å²) >= 11 is 0. The number of fused-ring (bicyclic) bond motifs is 1. The molecule has 0 spiro atoms. The van der Waals surface area contributed by atoms with E-state index in [4.69, 9.17) is 14.3 Å². The van der Waals surface area contributed by atoms with Crippen LogP contribution in [0, 0.1) is 0 Å². The maximum atomic E-state index is 11.5. The number of carboxylic acid groups (broad SMARTS) is 1. The minimum atomic E-state index is -0.894. The van der Waals surface area contributed by atoms with Gasteiger partial charge in [-0.05, 0) is 62.8 Å². The molecule has 2 aromatic carbocycles. The SMILES string of the molecule is CC1(C)OB(c2ccc3cc(-c4c[nH]c(C5CCCN5C(=O)O)n4)ccc3c2)OC1(C)C. The van der Waals surface area contributed by atoms with Gasteiger partial charge in [-0.2, -0.15) is 0 Å². The molecule has 1 atom stereocenters. The molecule has 1 amide bonds. The minimum absolute atomic E-state index is 0.204. The highest BCUT2D eigenvalue weighted by molar-refractivity contribution is 6.62. The number of carbonyl (C=O) groups is 1. The molecule has 3 aromatic rings. The van der Waals surface area contributed by atoms with Crippen LogP contribution in [0.4, 0.5) is 4.79 Å². The first-order valence-electron chi connectivity index (χ1n) is 11.1. The fraction of sp³-hybridized carbons (Fsp3) is 0.417. The van der Waals surface area contributed by atoms with Crippen molar-refractivity contribution in [2.24, 2.45) is 0 Å². The van der Waals surface area contributed by atoms with E-state index in [9.17, 15) is 9.90 Å². The van der Waals surface area contributed by atoms with Gasteiger partial charge in [-0.3, -0.25) is 4.90 Å². The number of hydrogen-bond donors (Lipinski definition) is 2. The highest BCUT2D eigenvalue weighted by Crippen LogP contribution is 2.37. The van der Waals surface area contributed by atoms with E-state index >= 15 is 0 Å². The quantitative estimate of drug-likeness (QED) is 0.600. The van der Waals surface area contributed by atoms with Crippen LogP contribution in [0.1, 0.15) is 52.4 Å². The van der Waals surface area contributed by atoms with Crippen LogP contribution in [-0.4, -0.2) is 50.9 Å². The van der Waals surface area contributed by atoms with Gasteiger partial charge in [0.15, 0.2) is 0 Å². The molecule has 0 bridgehead atoms. The zero-order chi connectivity index (χ0) is 22.7. The van der Waals surface area contributed by atoms with Crippen molar-refractivity contribution >= 4 is 29.4 Å². The summed E-state index contributed by atoms with van der Waals surface area (Å²) in [4.78, 5) is 20.8. The van der Waals surface area contributed by atoms with Gasteiger partial charge in [-0.15, -0.1) is 0 Å². The van der Waals surface area contributed by atoms with Gasteiger partial charge in [-0.1, -0.05) is 30.3 Å². The molecular weight excluding hydrogens is 405 g/mol. The number of rotatable bonds is 3. The molecule has 166 valence electrons. The topological polar surface area (TPSA) is 87.7 Å². The number of hydrogen-bond acceptors (Lipinski definition) is 4. The number of H-pyrrole nitrogens is 1. The lowest BCUT2D eigenvalue weighted by molar-refractivity contribution is 0.00578.